The first-order valence-electron chi connectivity index (χ1n) is 5.96. The monoisotopic (exact) mass is 287 g/mol. The predicted molar refractivity (Wildman–Crippen MR) is 68.6 cm³/mol. The summed E-state index contributed by atoms with van der Waals surface area (Å²) < 4.78 is 32.8. The Morgan fingerprint density at radius 2 is 2.26 bits per heavy atom. The molecule has 19 heavy (non-hydrogen) atoms. The first kappa shape index (κ1) is 14.1. The molecule has 0 aliphatic carbocycles. The van der Waals surface area contributed by atoms with E-state index in [2.05, 4.69) is 10.1 Å². The van der Waals surface area contributed by atoms with Crippen LogP contribution in [-0.2, 0) is 21.1 Å². The van der Waals surface area contributed by atoms with Crippen molar-refractivity contribution in [1.29, 1.82) is 0 Å². The van der Waals surface area contributed by atoms with E-state index in [0.29, 0.717) is 18.7 Å². The van der Waals surface area contributed by atoms with Gasteiger partial charge in [0.25, 0.3) is 0 Å². The van der Waals surface area contributed by atoms with Crippen LogP contribution >= 0.6 is 0 Å². The van der Waals surface area contributed by atoms with E-state index >= 15 is 0 Å². The van der Waals surface area contributed by atoms with Crippen molar-refractivity contribution < 1.29 is 22.4 Å². The number of hydrogen-bond acceptors (Lipinski definition) is 6. The van der Waals surface area contributed by atoms with Gasteiger partial charge < -0.3 is 14.5 Å². The maximum absolute atomic E-state index is 11.5. The van der Waals surface area contributed by atoms with Crippen LogP contribution in [0.3, 0.4) is 0 Å². The molecule has 0 radical (unpaired) electrons. The summed E-state index contributed by atoms with van der Waals surface area (Å²) >= 11 is 0. The lowest BCUT2D eigenvalue weighted by molar-refractivity contribution is 0.0562. The average Bonchev–Trinajstić information content (AvgIpc) is 2.91. The SMILES string of the molecule is COC(=O)c1ccc(CNC2(C)CCS(=O)(=O)C2)o1. The zero-order chi connectivity index (χ0) is 14.1. The van der Waals surface area contributed by atoms with Gasteiger partial charge in [0.1, 0.15) is 5.76 Å². The molecule has 1 aliphatic heterocycles. The largest absolute Gasteiger partial charge is 0.463 e. The number of ether oxygens (including phenoxy) is 1. The summed E-state index contributed by atoms with van der Waals surface area (Å²) in [7, 11) is -1.65. The Hall–Kier alpha value is -1.34. The van der Waals surface area contributed by atoms with E-state index in [1.165, 1.54) is 13.2 Å². The Labute approximate surface area is 112 Å². The van der Waals surface area contributed by atoms with E-state index in [4.69, 9.17) is 4.42 Å². The molecule has 1 aromatic rings. The number of methoxy groups -OCH3 is 1. The third-order valence-corrected chi connectivity index (χ3v) is 5.14. The molecule has 106 valence electrons. The predicted octanol–water partition coefficient (Wildman–Crippen LogP) is 0.733. The van der Waals surface area contributed by atoms with E-state index in [-0.39, 0.29) is 17.3 Å². The molecule has 0 amide bonds. The number of esters is 1. The third-order valence-electron chi connectivity index (χ3n) is 3.24. The molecule has 2 rings (SSSR count). The molecular weight excluding hydrogens is 270 g/mol. The van der Waals surface area contributed by atoms with Gasteiger partial charge in [-0.25, -0.2) is 13.2 Å². The fourth-order valence-electron chi connectivity index (χ4n) is 2.13. The lowest BCUT2D eigenvalue weighted by atomic mass is 10.0. The van der Waals surface area contributed by atoms with Crippen LogP contribution in [-0.4, -0.2) is 38.5 Å². The summed E-state index contributed by atoms with van der Waals surface area (Å²) in [6, 6.07) is 3.21. The van der Waals surface area contributed by atoms with Crippen molar-refractivity contribution in [2.75, 3.05) is 18.6 Å². The molecule has 6 nitrogen and oxygen atoms in total. The van der Waals surface area contributed by atoms with Crippen molar-refractivity contribution in [2.45, 2.75) is 25.4 Å². The maximum atomic E-state index is 11.5. The molecule has 1 unspecified atom stereocenters. The highest BCUT2D eigenvalue weighted by atomic mass is 32.2. The zero-order valence-electron chi connectivity index (χ0n) is 10.9. The summed E-state index contributed by atoms with van der Waals surface area (Å²) in [5.74, 6) is 0.530. The highest BCUT2D eigenvalue weighted by Crippen LogP contribution is 2.23. The molecule has 2 heterocycles. The second-order valence-electron chi connectivity index (χ2n) is 5.01. The Morgan fingerprint density at radius 1 is 1.53 bits per heavy atom. The van der Waals surface area contributed by atoms with Gasteiger partial charge in [-0.05, 0) is 25.5 Å². The van der Waals surface area contributed by atoms with E-state index in [1.54, 1.807) is 6.07 Å². The molecular formula is C12H17NO5S. The highest BCUT2D eigenvalue weighted by molar-refractivity contribution is 7.91. The minimum absolute atomic E-state index is 0.130. The lowest BCUT2D eigenvalue weighted by Crippen LogP contribution is -2.42. The van der Waals surface area contributed by atoms with Gasteiger partial charge in [0.15, 0.2) is 9.84 Å². The Balaban J connectivity index is 1.96. The van der Waals surface area contributed by atoms with Gasteiger partial charge in [-0.1, -0.05) is 0 Å². The Bertz CT molecular complexity index is 577. The lowest BCUT2D eigenvalue weighted by Gasteiger charge is -2.23. The average molecular weight is 287 g/mol. The van der Waals surface area contributed by atoms with Crippen LogP contribution in [0.25, 0.3) is 0 Å². The van der Waals surface area contributed by atoms with Gasteiger partial charge in [0, 0.05) is 5.54 Å². The summed E-state index contributed by atoms with van der Waals surface area (Å²) in [4.78, 5) is 11.2. The second kappa shape index (κ2) is 4.97. The second-order valence-corrected chi connectivity index (χ2v) is 7.20. The third kappa shape index (κ3) is 3.36. The van der Waals surface area contributed by atoms with Crippen LogP contribution in [0.1, 0.15) is 29.7 Å². The molecule has 1 saturated heterocycles. The molecule has 0 aromatic carbocycles. The number of rotatable bonds is 4. The fraction of sp³-hybridized carbons (Fsp3) is 0.583. The Morgan fingerprint density at radius 3 is 2.84 bits per heavy atom. The summed E-state index contributed by atoms with van der Waals surface area (Å²) in [5, 5.41) is 3.18. The molecule has 1 fully saturated rings. The van der Waals surface area contributed by atoms with Crippen LogP contribution in [0.2, 0.25) is 0 Å². The quantitative estimate of drug-likeness (QED) is 0.822. The van der Waals surface area contributed by atoms with Gasteiger partial charge in [0.2, 0.25) is 5.76 Å². The number of carbonyl (C=O) groups is 1. The number of carbonyl (C=O) groups excluding carboxylic acids is 1. The molecule has 1 aromatic heterocycles. The van der Waals surface area contributed by atoms with Crippen LogP contribution < -0.4 is 5.32 Å². The van der Waals surface area contributed by atoms with Gasteiger partial charge in [-0.15, -0.1) is 0 Å². The summed E-state index contributed by atoms with van der Waals surface area (Å²) in [6.07, 6.45) is 0.583. The van der Waals surface area contributed by atoms with E-state index in [1.807, 2.05) is 6.92 Å². The zero-order valence-corrected chi connectivity index (χ0v) is 11.7. The maximum Gasteiger partial charge on any atom is 0.373 e. The summed E-state index contributed by atoms with van der Waals surface area (Å²) in [5.41, 5.74) is -0.433. The van der Waals surface area contributed by atoms with Gasteiger partial charge in [0.05, 0.1) is 25.2 Å². The number of nitrogens with one attached hydrogen (secondary N) is 1. The molecule has 0 saturated carbocycles. The molecule has 1 aliphatic rings. The van der Waals surface area contributed by atoms with Crippen molar-refractivity contribution in [1.82, 2.24) is 5.32 Å². The van der Waals surface area contributed by atoms with Crippen molar-refractivity contribution in [3.8, 4) is 0 Å². The van der Waals surface area contributed by atoms with Crippen LogP contribution in [0, 0.1) is 0 Å². The van der Waals surface area contributed by atoms with Crippen LogP contribution in [0.5, 0.6) is 0 Å². The number of hydrogen-bond donors (Lipinski definition) is 1. The molecule has 1 atom stereocenters. The van der Waals surface area contributed by atoms with E-state index in [9.17, 15) is 13.2 Å². The van der Waals surface area contributed by atoms with Gasteiger partial charge >= 0.3 is 5.97 Å². The normalized spacial score (nSPS) is 25.4. The van der Waals surface area contributed by atoms with Gasteiger partial charge in [-0.2, -0.15) is 0 Å². The molecule has 0 bridgehead atoms. The number of sulfone groups is 1. The van der Waals surface area contributed by atoms with Crippen molar-refractivity contribution >= 4 is 15.8 Å². The van der Waals surface area contributed by atoms with E-state index in [0.717, 1.165) is 0 Å². The van der Waals surface area contributed by atoms with Crippen LogP contribution in [0.15, 0.2) is 16.5 Å². The minimum atomic E-state index is -2.94. The molecule has 0 spiro atoms. The van der Waals surface area contributed by atoms with Crippen molar-refractivity contribution in [3.63, 3.8) is 0 Å². The summed E-state index contributed by atoms with van der Waals surface area (Å²) in [6.45, 7) is 2.25. The van der Waals surface area contributed by atoms with Gasteiger partial charge in [-0.3, -0.25) is 0 Å². The number of furan rings is 1. The highest BCUT2D eigenvalue weighted by Gasteiger charge is 2.37. The van der Waals surface area contributed by atoms with E-state index < -0.39 is 21.3 Å². The molecule has 1 N–H and O–H groups in total. The smallest absolute Gasteiger partial charge is 0.373 e. The standard InChI is InChI=1S/C12H17NO5S/c1-12(5-6-19(15,16)8-12)13-7-9-3-4-10(18-9)11(14)17-2/h3-4,13H,5-8H2,1-2H3. The van der Waals surface area contributed by atoms with Crippen molar-refractivity contribution in [3.05, 3.63) is 23.7 Å². The minimum Gasteiger partial charge on any atom is -0.463 e. The van der Waals surface area contributed by atoms with Crippen LogP contribution in [0.4, 0.5) is 0 Å². The topological polar surface area (TPSA) is 85.6 Å². The van der Waals surface area contributed by atoms with Crippen molar-refractivity contribution in [2.24, 2.45) is 0 Å². The molecule has 7 heteroatoms. The first-order chi connectivity index (χ1) is 8.84. The first-order valence-corrected chi connectivity index (χ1v) is 7.78. The fourth-order valence-corrected chi connectivity index (χ4v) is 4.26. The Kier molecular flexibility index (Phi) is 3.69.